The Hall–Kier alpha value is -0.640. The summed E-state index contributed by atoms with van der Waals surface area (Å²) in [4.78, 5) is 10.8. The number of halogens is 3. The molecular formula is C9H7Cl3O3. The molecule has 0 aliphatic carbocycles. The zero-order valence-electron chi connectivity index (χ0n) is 7.36. The van der Waals surface area contributed by atoms with Crippen molar-refractivity contribution in [2.24, 2.45) is 0 Å². The number of rotatable bonds is 3. The first-order valence-corrected chi connectivity index (χ1v) is 5.06. The van der Waals surface area contributed by atoms with Crippen molar-refractivity contribution in [3.63, 3.8) is 0 Å². The summed E-state index contributed by atoms with van der Waals surface area (Å²) in [6.07, 6.45) is -1.54. The number of hydrogen-bond acceptors (Lipinski definition) is 2. The van der Waals surface area contributed by atoms with Crippen molar-refractivity contribution < 1.29 is 14.6 Å². The Labute approximate surface area is 102 Å². The van der Waals surface area contributed by atoms with E-state index in [0.717, 1.165) is 0 Å². The number of aliphatic carboxylic acids is 1. The standard InChI is InChI=1S/C9H7Cl3O3/c10-9(11,12)7(8(13)14)15-6-4-2-1-3-5-6/h1-5,7H,(H,13,14). The number of alkyl halides is 3. The van der Waals surface area contributed by atoms with Crippen LogP contribution in [0.4, 0.5) is 0 Å². The minimum Gasteiger partial charge on any atom is -0.478 e. The third-order valence-electron chi connectivity index (χ3n) is 1.52. The van der Waals surface area contributed by atoms with E-state index in [2.05, 4.69) is 0 Å². The van der Waals surface area contributed by atoms with Gasteiger partial charge in [-0.1, -0.05) is 53.0 Å². The van der Waals surface area contributed by atoms with Crippen LogP contribution >= 0.6 is 34.8 Å². The van der Waals surface area contributed by atoms with Crippen LogP contribution in [-0.2, 0) is 4.79 Å². The first-order valence-electron chi connectivity index (χ1n) is 3.92. The molecule has 0 amide bonds. The number of para-hydroxylation sites is 1. The lowest BCUT2D eigenvalue weighted by molar-refractivity contribution is -0.144. The van der Waals surface area contributed by atoms with Gasteiger partial charge >= 0.3 is 5.97 Å². The highest BCUT2D eigenvalue weighted by Gasteiger charge is 2.40. The predicted molar refractivity (Wildman–Crippen MR) is 58.8 cm³/mol. The summed E-state index contributed by atoms with van der Waals surface area (Å²) in [5.41, 5.74) is 0. The molecule has 0 bridgehead atoms. The molecule has 0 fully saturated rings. The molecule has 0 saturated carbocycles. The highest BCUT2D eigenvalue weighted by molar-refractivity contribution is 6.68. The number of carboxylic acids is 1. The molecule has 0 spiro atoms. The second-order valence-corrected chi connectivity index (χ2v) is 5.06. The molecule has 1 aromatic rings. The van der Waals surface area contributed by atoms with Crippen LogP contribution in [0.25, 0.3) is 0 Å². The van der Waals surface area contributed by atoms with E-state index >= 15 is 0 Å². The van der Waals surface area contributed by atoms with Crippen molar-refractivity contribution in [1.29, 1.82) is 0 Å². The maximum absolute atomic E-state index is 10.8. The summed E-state index contributed by atoms with van der Waals surface area (Å²) in [6.45, 7) is 0. The van der Waals surface area contributed by atoms with Gasteiger partial charge < -0.3 is 9.84 Å². The van der Waals surface area contributed by atoms with E-state index in [9.17, 15) is 4.79 Å². The third kappa shape index (κ3) is 3.78. The molecule has 15 heavy (non-hydrogen) atoms. The number of carbonyl (C=O) groups is 1. The van der Waals surface area contributed by atoms with Crippen LogP contribution in [-0.4, -0.2) is 21.0 Å². The number of carboxylic acid groups (broad SMARTS) is 1. The van der Waals surface area contributed by atoms with Gasteiger partial charge in [-0.05, 0) is 12.1 Å². The topological polar surface area (TPSA) is 46.5 Å². The summed E-state index contributed by atoms with van der Waals surface area (Å²) < 4.78 is 3.03. The molecule has 6 heteroatoms. The molecule has 1 unspecified atom stereocenters. The third-order valence-corrected chi connectivity index (χ3v) is 2.11. The summed E-state index contributed by atoms with van der Waals surface area (Å²) in [7, 11) is 0. The maximum atomic E-state index is 10.8. The molecule has 1 atom stereocenters. The maximum Gasteiger partial charge on any atom is 0.349 e. The van der Waals surface area contributed by atoms with Gasteiger partial charge in [0.15, 0.2) is 0 Å². The molecule has 0 radical (unpaired) electrons. The van der Waals surface area contributed by atoms with Crippen molar-refractivity contribution in [3.05, 3.63) is 30.3 Å². The van der Waals surface area contributed by atoms with E-state index in [-0.39, 0.29) is 0 Å². The largest absolute Gasteiger partial charge is 0.478 e. The van der Waals surface area contributed by atoms with Gasteiger partial charge in [-0.3, -0.25) is 0 Å². The second kappa shape index (κ2) is 4.92. The molecule has 0 aromatic heterocycles. The van der Waals surface area contributed by atoms with Gasteiger partial charge in [0.25, 0.3) is 0 Å². The Balaban J connectivity index is 2.82. The lowest BCUT2D eigenvalue weighted by Gasteiger charge is -2.21. The van der Waals surface area contributed by atoms with Crippen LogP contribution in [0.1, 0.15) is 0 Å². The van der Waals surface area contributed by atoms with Crippen LogP contribution in [0.2, 0.25) is 0 Å². The molecule has 3 nitrogen and oxygen atoms in total. The minimum absolute atomic E-state index is 0.330. The predicted octanol–water partition coefficient (Wildman–Crippen LogP) is 2.89. The Morgan fingerprint density at radius 2 is 1.80 bits per heavy atom. The zero-order valence-corrected chi connectivity index (χ0v) is 9.63. The van der Waals surface area contributed by atoms with Crippen LogP contribution in [0, 0.1) is 0 Å². The molecule has 1 N–H and O–H groups in total. The lowest BCUT2D eigenvalue weighted by atomic mass is 10.3. The van der Waals surface area contributed by atoms with Gasteiger partial charge in [-0.15, -0.1) is 0 Å². The lowest BCUT2D eigenvalue weighted by Crippen LogP contribution is -2.39. The van der Waals surface area contributed by atoms with E-state index in [1.807, 2.05) is 0 Å². The van der Waals surface area contributed by atoms with Crippen LogP contribution in [0.15, 0.2) is 30.3 Å². The molecule has 82 valence electrons. The van der Waals surface area contributed by atoms with Crippen molar-refractivity contribution >= 4 is 40.8 Å². The van der Waals surface area contributed by atoms with Crippen LogP contribution in [0.5, 0.6) is 5.75 Å². The summed E-state index contributed by atoms with van der Waals surface area (Å²) >= 11 is 16.4. The van der Waals surface area contributed by atoms with Crippen LogP contribution < -0.4 is 4.74 Å². The fourth-order valence-corrected chi connectivity index (χ4v) is 1.31. The molecular weight excluding hydrogens is 262 g/mol. The Morgan fingerprint density at radius 3 is 2.20 bits per heavy atom. The molecule has 1 rings (SSSR count). The highest BCUT2D eigenvalue weighted by atomic mass is 35.6. The molecule has 0 aliphatic heterocycles. The second-order valence-electron chi connectivity index (χ2n) is 2.69. The van der Waals surface area contributed by atoms with Gasteiger partial charge in [0, 0.05) is 0 Å². The van der Waals surface area contributed by atoms with E-state index in [1.54, 1.807) is 30.3 Å². The Morgan fingerprint density at radius 1 is 1.27 bits per heavy atom. The Kier molecular flexibility index (Phi) is 4.08. The Bertz CT molecular complexity index is 334. The average Bonchev–Trinajstić information content (AvgIpc) is 2.13. The van der Waals surface area contributed by atoms with Crippen molar-refractivity contribution in [1.82, 2.24) is 0 Å². The summed E-state index contributed by atoms with van der Waals surface area (Å²) in [5.74, 6) is -1.00. The van der Waals surface area contributed by atoms with Crippen molar-refractivity contribution in [2.75, 3.05) is 0 Å². The molecule has 1 aromatic carbocycles. The number of hydrogen-bond donors (Lipinski definition) is 1. The number of ether oxygens (including phenoxy) is 1. The van der Waals surface area contributed by atoms with E-state index in [1.165, 1.54) is 0 Å². The minimum atomic E-state index is -2.01. The normalized spacial score (nSPS) is 13.3. The number of benzene rings is 1. The summed E-state index contributed by atoms with van der Waals surface area (Å²) in [5, 5.41) is 8.79. The average molecular weight is 270 g/mol. The van der Waals surface area contributed by atoms with Gasteiger partial charge in [-0.2, -0.15) is 0 Å². The molecule has 0 saturated heterocycles. The van der Waals surface area contributed by atoms with Gasteiger partial charge in [0.1, 0.15) is 5.75 Å². The molecule has 0 aliphatic rings. The molecule has 0 heterocycles. The van der Waals surface area contributed by atoms with E-state index < -0.39 is 15.9 Å². The SMILES string of the molecule is O=C(O)C(Oc1ccccc1)C(Cl)(Cl)Cl. The highest BCUT2D eigenvalue weighted by Crippen LogP contribution is 2.33. The zero-order chi connectivity index (χ0) is 11.5. The van der Waals surface area contributed by atoms with E-state index in [0.29, 0.717) is 5.75 Å². The van der Waals surface area contributed by atoms with Crippen molar-refractivity contribution in [2.45, 2.75) is 9.90 Å². The first kappa shape index (κ1) is 12.4. The van der Waals surface area contributed by atoms with Crippen molar-refractivity contribution in [3.8, 4) is 5.75 Å². The van der Waals surface area contributed by atoms with Crippen LogP contribution in [0.3, 0.4) is 0 Å². The summed E-state index contributed by atoms with van der Waals surface area (Å²) in [6, 6.07) is 8.29. The fraction of sp³-hybridized carbons (Fsp3) is 0.222. The van der Waals surface area contributed by atoms with Gasteiger partial charge in [0.05, 0.1) is 0 Å². The van der Waals surface area contributed by atoms with E-state index in [4.69, 9.17) is 44.6 Å². The van der Waals surface area contributed by atoms with Gasteiger partial charge in [0.2, 0.25) is 9.90 Å². The quantitative estimate of drug-likeness (QED) is 0.858. The van der Waals surface area contributed by atoms with Gasteiger partial charge in [-0.25, -0.2) is 4.79 Å². The smallest absolute Gasteiger partial charge is 0.349 e. The fourth-order valence-electron chi connectivity index (χ4n) is 0.892. The monoisotopic (exact) mass is 268 g/mol. The first-order chi connectivity index (χ1) is 6.91.